The zero-order valence-corrected chi connectivity index (χ0v) is 22.1. The lowest BCUT2D eigenvalue weighted by Gasteiger charge is -2.36. The summed E-state index contributed by atoms with van der Waals surface area (Å²) in [4.78, 5) is 31.1. The van der Waals surface area contributed by atoms with Gasteiger partial charge in [-0.1, -0.05) is 6.08 Å². The summed E-state index contributed by atoms with van der Waals surface area (Å²) in [5.41, 5.74) is 9.36. The molecule has 1 aromatic heterocycles. The molecule has 1 heterocycles. The van der Waals surface area contributed by atoms with Crippen LogP contribution in [0, 0.1) is 5.41 Å². The number of fused-ring (bicyclic) bond motifs is 1. The summed E-state index contributed by atoms with van der Waals surface area (Å²) in [5.74, 6) is 1.61. The Labute approximate surface area is 226 Å². The largest absolute Gasteiger partial charge is 0.464 e. The molecule has 0 fully saturated rings. The number of carbonyl (C=O) groups excluding carboxylic acids is 2. The number of hydrogen-bond acceptors (Lipinski definition) is 7. The number of nitrogens with zero attached hydrogens (tertiary/aromatic N) is 3. The Hall–Kier alpha value is -4.69. The van der Waals surface area contributed by atoms with Gasteiger partial charge in [0.1, 0.15) is 29.5 Å². The molecule has 0 bridgehead atoms. The molecule has 0 amide bonds. The first-order valence-electron chi connectivity index (χ1n) is 12.7. The minimum absolute atomic E-state index is 0.0112. The number of aromatic nitrogens is 2. The molecule has 202 valence electrons. The molecule has 39 heavy (non-hydrogen) atoms. The molecule has 4 N–H and O–H groups in total. The number of ether oxygens (including phenoxy) is 1. The van der Waals surface area contributed by atoms with E-state index in [2.05, 4.69) is 9.88 Å². The van der Waals surface area contributed by atoms with Crippen molar-refractivity contribution in [2.24, 2.45) is 5.73 Å². The van der Waals surface area contributed by atoms with Crippen molar-refractivity contribution >= 4 is 40.2 Å². The summed E-state index contributed by atoms with van der Waals surface area (Å²) in [6.45, 7) is 6.78. The third kappa shape index (κ3) is 5.76. The van der Waals surface area contributed by atoms with Gasteiger partial charge in [-0.05, 0) is 75.4 Å². The highest BCUT2D eigenvalue weighted by Gasteiger charge is 2.32. The molecule has 4 rings (SSSR count). The number of aryl methyl sites for hydroxylation is 1. The standard InChI is InChI=1S/C29H31FN6O3/c1-4-35-26-13-11-23(15-24(26)34-27(35)16-33-22-9-6-19(7-10-22)28(31)32)36(18(3)29(38)39-5-2)25-12-8-21(30)14-20(25)17-37/h6-15,18,25,33H,4-5,16H2,1-3H3,(H3,31,32). The number of nitrogen functional groups attached to an aromatic ring is 1. The van der Waals surface area contributed by atoms with Crippen molar-refractivity contribution in [3.63, 3.8) is 0 Å². The summed E-state index contributed by atoms with van der Waals surface area (Å²) in [7, 11) is 0. The van der Waals surface area contributed by atoms with Gasteiger partial charge >= 0.3 is 5.97 Å². The zero-order valence-electron chi connectivity index (χ0n) is 22.1. The van der Waals surface area contributed by atoms with Crippen LogP contribution in [0.3, 0.4) is 0 Å². The summed E-state index contributed by atoms with van der Waals surface area (Å²) >= 11 is 0. The van der Waals surface area contributed by atoms with Crippen LogP contribution in [0.5, 0.6) is 0 Å². The Kier molecular flexibility index (Phi) is 8.27. The average Bonchev–Trinajstić information content (AvgIpc) is 3.29. The SMILES string of the molecule is CCOC(=O)C(C)N(c1ccc2c(c1)nc(CNc1ccc(C(=N)N)cc1)n2CC)C1C=CC(F)=CC1=C=O. The van der Waals surface area contributed by atoms with Crippen molar-refractivity contribution in [3.05, 3.63) is 83.5 Å². The Morgan fingerprint density at radius 3 is 2.67 bits per heavy atom. The number of rotatable bonds is 10. The summed E-state index contributed by atoms with van der Waals surface area (Å²) in [6.07, 6.45) is 3.93. The number of nitrogens with two attached hydrogens (primary N) is 1. The van der Waals surface area contributed by atoms with E-state index >= 15 is 0 Å². The quantitative estimate of drug-likeness (QED) is 0.155. The van der Waals surface area contributed by atoms with Gasteiger partial charge in [0.15, 0.2) is 0 Å². The second-order valence-electron chi connectivity index (χ2n) is 9.02. The van der Waals surface area contributed by atoms with Gasteiger partial charge in [0.05, 0.1) is 35.8 Å². The fourth-order valence-corrected chi connectivity index (χ4v) is 4.67. The molecule has 0 saturated heterocycles. The van der Waals surface area contributed by atoms with Crippen LogP contribution < -0.4 is 16.0 Å². The summed E-state index contributed by atoms with van der Waals surface area (Å²) in [6, 6.07) is 11.4. The van der Waals surface area contributed by atoms with E-state index < -0.39 is 23.9 Å². The predicted molar refractivity (Wildman–Crippen MR) is 150 cm³/mol. The molecule has 2 atom stereocenters. The van der Waals surface area contributed by atoms with Crippen LogP contribution in [-0.2, 0) is 27.4 Å². The van der Waals surface area contributed by atoms with E-state index in [1.54, 1.807) is 30.9 Å². The van der Waals surface area contributed by atoms with E-state index in [-0.39, 0.29) is 18.0 Å². The van der Waals surface area contributed by atoms with Gasteiger partial charge in [-0.3, -0.25) is 5.41 Å². The van der Waals surface area contributed by atoms with Crippen molar-refractivity contribution in [3.8, 4) is 0 Å². The summed E-state index contributed by atoms with van der Waals surface area (Å²) < 4.78 is 21.3. The van der Waals surface area contributed by atoms with Gasteiger partial charge in [0, 0.05) is 23.5 Å². The molecule has 3 aromatic rings. The van der Waals surface area contributed by atoms with Crippen molar-refractivity contribution < 1.29 is 18.7 Å². The Morgan fingerprint density at radius 1 is 1.28 bits per heavy atom. The molecule has 1 aliphatic rings. The molecule has 9 nitrogen and oxygen atoms in total. The molecular formula is C29H31FN6O3. The van der Waals surface area contributed by atoms with Gasteiger partial charge in [0.25, 0.3) is 0 Å². The minimum Gasteiger partial charge on any atom is -0.464 e. The molecule has 0 saturated carbocycles. The van der Waals surface area contributed by atoms with Crippen molar-refractivity contribution in [2.45, 2.75) is 45.9 Å². The van der Waals surface area contributed by atoms with E-state index in [1.165, 1.54) is 12.2 Å². The first kappa shape index (κ1) is 27.3. The number of halogens is 1. The van der Waals surface area contributed by atoms with Crippen LogP contribution in [0.4, 0.5) is 15.8 Å². The maximum atomic E-state index is 13.9. The molecule has 1 aliphatic carbocycles. The van der Waals surface area contributed by atoms with Crippen LogP contribution in [0.25, 0.3) is 11.0 Å². The molecule has 0 aliphatic heterocycles. The topological polar surface area (TPSA) is 126 Å². The number of benzene rings is 2. The van der Waals surface area contributed by atoms with E-state index in [4.69, 9.17) is 20.9 Å². The second-order valence-corrected chi connectivity index (χ2v) is 9.02. The van der Waals surface area contributed by atoms with Gasteiger partial charge < -0.3 is 25.3 Å². The van der Waals surface area contributed by atoms with Crippen LogP contribution >= 0.6 is 0 Å². The van der Waals surface area contributed by atoms with E-state index in [0.717, 1.165) is 23.1 Å². The smallest absolute Gasteiger partial charge is 0.328 e. The minimum atomic E-state index is -0.776. The highest BCUT2D eigenvalue weighted by molar-refractivity contribution is 5.95. The monoisotopic (exact) mass is 530 g/mol. The maximum Gasteiger partial charge on any atom is 0.328 e. The Morgan fingerprint density at radius 2 is 2.03 bits per heavy atom. The first-order chi connectivity index (χ1) is 18.8. The van der Waals surface area contributed by atoms with E-state index in [0.29, 0.717) is 29.9 Å². The predicted octanol–water partition coefficient (Wildman–Crippen LogP) is 4.26. The number of amidine groups is 1. The van der Waals surface area contributed by atoms with Gasteiger partial charge in [0.2, 0.25) is 0 Å². The van der Waals surface area contributed by atoms with Crippen molar-refractivity contribution in [1.82, 2.24) is 9.55 Å². The van der Waals surface area contributed by atoms with Gasteiger partial charge in [-0.15, -0.1) is 0 Å². The maximum absolute atomic E-state index is 13.9. The molecule has 2 aromatic carbocycles. The number of anilines is 2. The van der Waals surface area contributed by atoms with Gasteiger partial charge in [-0.25, -0.2) is 19.0 Å². The molecule has 0 radical (unpaired) electrons. The van der Waals surface area contributed by atoms with Crippen LogP contribution in [0.2, 0.25) is 0 Å². The fourth-order valence-electron chi connectivity index (χ4n) is 4.67. The molecular weight excluding hydrogens is 499 g/mol. The second kappa shape index (κ2) is 11.8. The van der Waals surface area contributed by atoms with E-state index in [9.17, 15) is 14.0 Å². The van der Waals surface area contributed by atoms with Gasteiger partial charge in [-0.2, -0.15) is 0 Å². The molecule has 10 heteroatoms. The Balaban J connectivity index is 1.69. The number of hydrogen-bond donors (Lipinski definition) is 3. The third-order valence-electron chi connectivity index (χ3n) is 6.58. The number of carbonyl (C=O) groups is 1. The van der Waals surface area contributed by atoms with Crippen molar-refractivity contribution in [1.29, 1.82) is 5.41 Å². The lowest BCUT2D eigenvalue weighted by Crippen LogP contribution is -2.47. The zero-order chi connectivity index (χ0) is 28.1. The van der Waals surface area contributed by atoms with Crippen LogP contribution in [0.15, 0.2) is 72.1 Å². The number of esters is 1. The molecule has 0 spiro atoms. The average molecular weight is 531 g/mol. The normalized spacial score (nSPS) is 15.4. The fraction of sp³-hybridized carbons (Fsp3) is 0.276. The first-order valence-corrected chi connectivity index (χ1v) is 12.7. The summed E-state index contributed by atoms with van der Waals surface area (Å²) in [5, 5.41) is 10.9. The molecule has 2 unspecified atom stereocenters. The number of nitrogens with one attached hydrogen (secondary N) is 2. The number of allylic oxidation sites excluding steroid dienone is 2. The highest BCUT2D eigenvalue weighted by Crippen LogP contribution is 2.31. The highest BCUT2D eigenvalue weighted by atomic mass is 19.1. The van der Waals surface area contributed by atoms with E-state index in [1.807, 2.05) is 43.2 Å². The van der Waals surface area contributed by atoms with Crippen LogP contribution in [0.1, 0.15) is 32.2 Å². The third-order valence-corrected chi connectivity index (χ3v) is 6.58. The Bertz CT molecular complexity index is 1500. The van der Waals surface area contributed by atoms with Crippen molar-refractivity contribution in [2.75, 3.05) is 16.8 Å². The lowest BCUT2D eigenvalue weighted by molar-refractivity contribution is -0.144. The van der Waals surface area contributed by atoms with Crippen LogP contribution in [-0.4, -0.2) is 46.0 Å². The number of imidazole rings is 1. The lowest BCUT2D eigenvalue weighted by atomic mass is 9.98.